The Bertz CT molecular complexity index is 476. The second-order valence-corrected chi connectivity index (χ2v) is 3.43. The monoisotopic (exact) mass is 207 g/mol. The van der Waals surface area contributed by atoms with Crippen LogP contribution in [0.5, 0.6) is 0 Å². The highest BCUT2D eigenvalue weighted by Crippen LogP contribution is 2.20. The van der Waals surface area contributed by atoms with E-state index in [1.54, 1.807) is 6.07 Å². The standard InChI is InChI=1S/C11H14FN3/c1-3-15-10(7-13-2)8-5-4-6-9(12)11(8)14-15/h4-6,13H,3,7H2,1-2H3. The Hall–Kier alpha value is -1.42. The fraction of sp³-hybridized carbons (Fsp3) is 0.364. The highest BCUT2D eigenvalue weighted by molar-refractivity contribution is 5.82. The Morgan fingerprint density at radius 1 is 1.47 bits per heavy atom. The molecule has 1 aromatic heterocycles. The van der Waals surface area contributed by atoms with E-state index in [1.165, 1.54) is 6.07 Å². The molecule has 2 aromatic rings. The van der Waals surface area contributed by atoms with Crippen molar-refractivity contribution in [3.63, 3.8) is 0 Å². The van der Waals surface area contributed by atoms with Crippen molar-refractivity contribution in [3.05, 3.63) is 29.7 Å². The SMILES string of the molecule is CCn1nc2c(F)cccc2c1CNC. The van der Waals surface area contributed by atoms with Gasteiger partial charge in [0, 0.05) is 18.5 Å². The van der Waals surface area contributed by atoms with Crippen LogP contribution < -0.4 is 5.32 Å². The number of aromatic nitrogens is 2. The van der Waals surface area contributed by atoms with Crippen molar-refractivity contribution in [2.24, 2.45) is 0 Å². The first kappa shape index (κ1) is 10.1. The van der Waals surface area contributed by atoms with E-state index in [0.717, 1.165) is 17.6 Å². The molecule has 0 saturated heterocycles. The minimum atomic E-state index is -0.253. The van der Waals surface area contributed by atoms with Gasteiger partial charge >= 0.3 is 0 Å². The average Bonchev–Trinajstić information content (AvgIpc) is 2.59. The molecule has 0 amide bonds. The highest BCUT2D eigenvalue weighted by Gasteiger charge is 2.11. The lowest BCUT2D eigenvalue weighted by Crippen LogP contribution is -2.11. The molecule has 1 N–H and O–H groups in total. The number of rotatable bonds is 3. The lowest BCUT2D eigenvalue weighted by molar-refractivity contribution is 0.599. The van der Waals surface area contributed by atoms with Gasteiger partial charge < -0.3 is 5.32 Å². The van der Waals surface area contributed by atoms with Gasteiger partial charge in [0.25, 0.3) is 0 Å². The molecule has 1 heterocycles. The normalized spacial score (nSPS) is 11.1. The molecule has 0 radical (unpaired) electrons. The van der Waals surface area contributed by atoms with Gasteiger partial charge in [-0.15, -0.1) is 0 Å². The van der Waals surface area contributed by atoms with E-state index in [2.05, 4.69) is 10.4 Å². The number of fused-ring (bicyclic) bond motifs is 1. The second-order valence-electron chi connectivity index (χ2n) is 3.43. The van der Waals surface area contributed by atoms with Gasteiger partial charge in [-0.1, -0.05) is 12.1 Å². The Morgan fingerprint density at radius 3 is 2.93 bits per heavy atom. The zero-order chi connectivity index (χ0) is 10.8. The molecule has 2 rings (SSSR count). The third-order valence-electron chi connectivity index (χ3n) is 2.47. The largest absolute Gasteiger partial charge is 0.314 e. The summed E-state index contributed by atoms with van der Waals surface area (Å²) >= 11 is 0. The van der Waals surface area contributed by atoms with Crippen molar-refractivity contribution in [3.8, 4) is 0 Å². The quantitative estimate of drug-likeness (QED) is 0.833. The first-order chi connectivity index (χ1) is 7.27. The van der Waals surface area contributed by atoms with E-state index in [4.69, 9.17) is 0 Å². The van der Waals surface area contributed by atoms with Crippen LogP contribution in [0.4, 0.5) is 4.39 Å². The molecule has 0 fully saturated rings. The summed E-state index contributed by atoms with van der Waals surface area (Å²) in [6, 6.07) is 5.07. The van der Waals surface area contributed by atoms with Gasteiger partial charge in [0.2, 0.25) is 0 Å². The van der Waals surface area contributed by atoms with Crippen LogP contribution in [0.25, 0.3) is 10.9 Å². The maximum atomic E-state index is 13.5. The summed E-state index contributed by atoms with van der Waals surface area (Å²) in [4.78, 5) is 0. The van der Waals surface area contributed by atoms with Crippen LogP contribution in [0.15, 0.2) is 18.2 Å². The van der Waals surface area contributed by atoms with Crippen LogP contribution in [-0.4, -0.2) is 16.8 Å². The number of hydrogen-bond donors (Lipinski definition) is 1. The molecule has 4 heteroatoms. The van der Waals surface area contributed by atoms with Crippen molar-refractivity contribution in [1.29, 1.82) is 0 Å². The molecular formula is C11H14FN3. The third-order valence-corrected chi connectivity index (χ3v) is 2.47. The Morgan fingerprint density at radius 2 is 2.27 bits per heavy atom. The number of halogens is 1. The number of hydrogen-bond acceptors (Lipinski definition) is 2. The van der Waals surface area contributed by atoms with Gasteiger partial charge in [0.1, 0.15) is 5.52 Å². The minimum absolute atomic E-state index is 0.253. The number of nitrogens with one attached hydrogen (secondary N) is 1. The lowest BCUT2D eigenvalue weighted by Gasteiger charge is -2.03. The smallest absolute Gasteiger partial charge is 0.151 e. The van der Waals surface area contributed by atoms with Gasteiger partial charge in [-0.3, -0.25) is 4.68 Å². The van der Waals surface area contributed by atoms with Crippen LogP contribution in [0.1, 0.15) is 12.6 Å². The zero-order valence-electron chi connectivity index (χ0n) is 8.92. The van der Waals surface area contributed by atoms with Crippen LogP contribution in [-0.2, 0) is 13.1 Å². The Kier molecular flexibility index (Phi) is 2.68. The molecule has 0 aliphatic rings. The summed E-state index contributed by atoms with van der Waals surface area (Å²) in [7, 11) is 1.87. The molecule has 0 spiro atoms. The van der Waals surface area contributed by atoms with Crippen molar-refractivity contribution >= 4 is 10.9 Å². The van der Waals surface area contributed by atoms with Crippen LogP contribution in [0, 0.1) is 5.82 Å². The molecule has 0 aliphatic heterocycles. The molecule has 0 bridgehead atoms. The van der Waals surface area contributed by atoms with Gasteiger partial charge in [0.15, 0.2) is 5.82 Å². The summed E-state index contributed by atoms with van der Waals surface area (Å²) in [6.07, 6.45) is 0. The molecular weight excluding hydrogens is 193 g/mol. The number of nitrogens with zero attached hydrogens (tertiary/aromatic N) is 2. The van der Waals surface area contributed by atoms with Crippen molar-refractivity contribution < 1.29 is 4.39 Å². The Labute approximate surface area is 87.9 Å². The maximum absolute atomic E-state index is 13.5. The van der Waals surface area contributed by atoms with Gasteiger partial charge in [-0.2, -0.15) is 5.10 Å². The van der Waals surface area contributed by atoms with Crippen LogP contribution >= 0.6 is 0 Å². The molecule has 0 saturated carbocycles. The van der Waals surface area contributed by atoms with Crippen LogP contribution in [0.3, 0.4) is 0 Å². The average molecular weight is 207 g/mol. The molecule has 0 unspecified atom stereocenters. The first-order valence-corrected chi connectivity index (χ1v) is 5.06. The molecule has 3 nitrogen and oxygen atoms in total. The van der Waals surface area contributed by atoms with Crippen LogP contribution in [0.2, 0.25) is 0 Å². The van der Waals surface area contributed by atoms with Crippen molar-refractivity contribution in [1.82, 2.24) is 15.1 Å². The van der Waals surface area contributed by atoms with E-state index in [1.807, 2.05) is 24.7 Å². The van der Waals surface area contributed by atoms with Crippen molar-refractivity contribution in [2.45, 2.75) is 20.0 Å². The maximum Gasteiger partial charge on any atom is 0.151 e. The Balaban J connectivity index is 2.68. The second kappa shape index (κ2) is 3.98. The first-order valence-electron chi connectivity index (χ1n) is 5.06. The summed E-state index contributed by atoms with van der Waals surface area (Å²) in [5.41, 5.74) is 1.50. The van der Waals surface area contributed by atoms with E-state index in [-0.39, 0.29) is 5.82 Å². The van der Waals surface area contributed by atoms with E-state index in [0.29, 0.717) is 12.1 Å². The van der Waals surface area contributed by atoms with Gasteiger partial charge in [-0.25, -0.2) is 4.39 Å². The molecule has 80 valence electrons. The topological polar surface area (TPSA) is 29.9 Å². The zero-order valence-corrected chi connectivity index (χ0v) is 8.92. The number of aryl methyl sites for hydroxylation is 1. The molecule has 0 atom stereocenters. The van der Waals surface area contributed by atoms with E-state index >= 15 is 0 Å². The molecule has 0 aliphatic carbocycles. The van der Waals surface area contributed by atoms with Gasteiger partial charge in [0.05, 0.1) is 5.69 Å². The summed E-state index contributed by atoms with van der Waals surface area (Å²) in [5.74, 6) is -0.253. The van der Waals surface area contributed by atoms with Gasteiger partial charge in [-0.05, 0) is 20.0 Å². The predicted molar refractivity (Wildman–Crippen MR) is 58.1 cm³/mol. The summed E-state index contributed by atoms with van der Waals surface area (Å²) < 4.78 is 15.3. The molecule has 15 heavy (non-hydrogen) atoms. The number of benzene rings is 1. The third kappa shape index (κ3) is 1.61. The lowest BCUT2D eigenvalue weighted by atomic mass is 10.2. The fourth-order valence-electron chi connectivity index (χ4n) is 1.79. The van der Waals surface area contributed by atoms with Crippen molar-refractivity contribution in [2.75, 3.05) is 7.05 Å². The van der Waals surface area contributed by atoms with E-state index < -0.39 is 0 Å². The molecule has 1 aromatic carbocycles. The summed E-state index contributed by atoms with van der Waals surface area (Å²) in [5, 5.41) is 8.22. The predicted octanol–water partition coefficient (Wildman–Crippen LogP) is 1.91. The fourth-order valence-corrected chi connectivity index (χ4v) is 1.79. The highest BCUT2D eigenvalue weighted by atomic mass is 19.1. The van der Waals surface area contributed by atoms with E-state index in [9.17, 15) is 4.39 Å². The summed E-state index contributed by atoms with van der Waals surface area (Å²) in [6.45, 7) is 3.46. The minimum Gasteiger partial charge on any atom is -0.314 e.